The SMILES string of the molecule is C#CCNC(=NC)NCC1(c2ccccc2)CC1. The zero-order valence-corrected chi connectivity index (χ0v) is 10.7. The molecule has 18 heavy (non-hydrogen) atoms. The average molecular weight is 241 g/mol. The first-order chi connectivity index (χ1) is 8.80. The molecule has 0 radical (unpaired) electrons. The van der Waals surface area contributed by atoms with Gasteiger partial charge in [0.15, 0.2) is 5.96 Å². The van der Waals surface area contributed by atoms with Crippen molar-refractivity contribution in [3.05, 3.63) is 35.9 Å². The van der Waals surface area contributed by atoms with Gasteiger partial charge in [-0.2, -0.15) is 0 Å². The van der Waals surface area contributed by atoms with Gasteiger partial charge in [-0.05, 0) is 18.4 Å². The Kier molecular flexibility index (Phi) is 3.88. The third kappa shape index (κ3) is 2.84. The van der Waals surface area contributed by atoms with E-state index in [1.807, 2.05) is 0 Å². The summed E-state index contributed by atoms with van der Waals surface area (Å²) in [5, 5.41) is 6.42. The molecule has 1 fully saturated rings. The predicted octanol–water partition coefficient (Wildman–Crippen LogP) is 1.52. The fraction of sp³-hybridized carbons (Fsp3) is 0.400. The zero-order chi connectivity index (χ0) is 12.8. The quantitative estimate of drug-likeness (QED) is 0.476. The minimum Gasteiger partial charge on any atom is -0.355 e. The van der Waals surface area contributed by atoms with Crippen LogP contribution in [-0.4, -0.2) is 26.1 Å². The molecular weight excluding hydrogens is 222 g/mol. The summed E-state index contributed by atoms with van der Waals surface area (Å²) in [5.74, 6) is 3.32. The van der Waals surface area contributed by atoms with E-state index in [1.54, 1.807) is 7.05 Å². The molecule has 1 aliphatic carbocycles. The number of hydrogen-bond acceptors (Lipinski definition) is 1. The lowest BCUT2D eigenvalue weighted by Gasteiger charge is -2.18. The Labute approximate surface area is 109 Å². The van der Waals surface area contributed by atoms with Crippen LogP contribution in [0.25, 0.3) is 0 Å². The van der Waals surface area contributed by atoms with Crippen LogP contribution in [0.3, 0.4) is 0 Å². The van der Waals surface area contributed by atoms with Gasteiger partial charge in [-0.3, -0.25) is 4.99 Å². The number of terminal acetylenes is 1. The van der Waals surface area contributed by atoms with Gasteiger partial charge < -0.3 is 10.6 Å². The van der Waals surface area contributed by atoms with Crippen LogP contribution < -0.4 is 10.6 Å². The minimum absolute atomic E-state index is 0.287. The molecule has 1 saturated carbocycles. The van der Waals surface area contributed by atoms with Gasteiger partial charge in [0.1, 0.15) is 0 Å². The maximum Gasteiger partial charge on any atom is 0.191 e. The average Bonchev–Trinajstić information content (AvgIpc) is 3.21. The van der Waals surface area contributed by atoms with Gasteiger partial charge >= 0.3 is 0 Å². The number of hydrogen-bond donors (Lipinski definition) is 2. The molecule has 0 heterocycles. The third-order valence-electron chi connectivity index (χ3n) is 3.42. The summed E-state index contributed by atoms with van der Waals surface area (Å²) >= 11 is 0. The van der Waals surface area contributed by atoms with Crippen molar-refractivity contribution >= 4 is 5.96 Å². The number of benzene rings is 1. The van der Waals surface area contributed by atoms with E-state index in [0.29, 0.717) is 6.54 Å². The summed E-state index contributed by atoms with van der Waals surface area (Å²) in [7, 11) is 1.76. The lowest BCUT2D eigenvalue weighted by molar-refractivity contribution is 0.649. The van der Waals surface area contributed by atoms with Crippen LogP contribution in [0.15, 0.2) is 35.3 Å². The Balaban J connectivity index is 1.92. The summed E-state index contributed by atoms with van der Waals surface area (Å²) in [6, 6.07) is 10.7. The maximum absolute atomic E-state index is 5.22. The molecule has 0 atom stereocenters. The summed E-state index contributed by atoms with van der Waals surface area (Å²) < 4.78 is 0. The summed E-state index contributed by atoms with van der Waals surface area (Å²) in [6.45, 7) is 1.40. The lowest BCUT2D eigenvalue weighted by atomic mass is 9.96. The van der Waals surface area contributed by atoms with Gasteiger partial charge in [-0.15, -0.1) is 6.42 Å². The van der Waals surface area contributed by atoms with Crippen LogP contribution in [0.2, 0.25) is 0 Å². The molecule has 2 rings (SSSR count). The topological polar surface area (TPSA) is 36.4 Å². The molecule has 0 amide bonds. The van der Waals surface area contributed by atoms with Crippen molar-refractivity contribution in [2.24, 2.45) is 4.99 Å². The summed E-state index contributed by atoms with van der Waals surface area (Å²) in [6.07, 6.45) is 7.69. The van der Waals surface area contributed by atoms with Crippen LogP contribution in [0.1, 0.15) is 18.4 Å². The molecule has 1 aromatic carbocycles. The van der Waals surface area contributed by atoms with Crippen molar-refractivity contribution in [3.8, 4) is 12.3 Å². The monoisotopic (exact) mass is 241 g/mol. The van der Waals surface area contributed by atoms with E-state index in [-0.39, 0.29) is 5.41 Å². The van der Waals surface area contributed by atoms with Gasteiger partial charge in [0.2, 0.25) is 0 Å². The lowest BCUT2D eigenvalue weighted by Crippen LogP contribution is -2.41. The highest BCUT2D eigenvalue weighted by atomic mass is 15.2. The zero-order valence-electron chi connectivity index (χ0n) is 10.7. The number of rotatable bonds is 4. The van der Waals surface area contributed by atoms with Gasteiger partial charge in [0.05, 0.1) is 6.54 Å². The first kappa shape index (κ1) is 12.5. The second-order valence-corrected chi connectivity index (χ2v) is 4.63. The van der Waals surface area contributed by atoms with Gasteiger partial charge in [-0.25, -0.2) is 0 Å². The van der Waals surface area contributed by atoms with Crippen LogP contribution in [-0.2, 0) is 5.41 Å². The minimum atomic E-state index is 0.287. The fourth-order valence-corrected chi connectivity index (χ4v) is 2.12. The Morgan fingerprint density at radius 2 is 2.06 bits per heavy atom. The van der Waals surface area contributed by atoms with Crippen molar-refractivity contribution < 1.29 is 0 Å². The molecule has 3 heteroatoms. The number of guanidine groups is 1. The van der Waals surface area contributed by atoms with Crippen molar-refractivity contribution in [3.63, 3.8) is 0 Å². The van der Waals surface area contributed by atoms with E-state index < -0.39 is 0 Å². The molecule has 1 aliphatic rings. The van der Waals surface area contributed by atoms with Crippen LogP contribution in [0.5, 0.6) is 0 Å². The maximum atomic E-state index is 5.22. The second-order valence-electron chi connectivity index (χ2n) is 4.63. The molecule has 1 aromatic rings. The highest BCUT2D eigenvalue weighted by molar-refractivity contribution is 5.80. The first-order valence-corrected chi connectivity index (χ1v) is 6.24. The second kappa shape index (κ2) is 5.59. The van der Waals surface area contributed by atoms with Crippen LogP contribution >= 0.6 is 0 Å². The summed E-state index contributed by atoms with van der Waals surface area (Å²) in [4.78, 5) is 4.15. The number of nitrogens with one attached hydrogen (secondary N) is 2. The Morgan fingerprint density at radius 3 is 2.61 bits per heavy atom. The van der Waals surface area contributed by atoms with Crippen molar-refractivity contribution in [1.29, 1.82) is 0 Å². The summed E-state index contributed by atoms with van der Waals surface area (Å²) in [5.41, 5.74) is 1.69. The Morgan fingerprint density at radius 1 is 1.33 bits per heavy atom. The molecule has 0 aromatic heterocycles. The molecular formula is C15H19N3. The van der Waals surface area contributed by atoms with E-state index in [2.05, 4.69) is 51.9 Å². The number of nitrogens with zero attached hydrogens (tertiary/aromatic N) is 1. The van der Waals surface area contributed by atoms with Gasteiger partial charge in [0.25, 0.3) is 0 Å². The standard InChI is InChI=1S/C15H19N3/c1-3-11-17-14(16-2)18-12-15(9-10-15)13-7-5-4-6-8-13/h1,4-8H,9-12H2,2H3,(H2,16,17,18). The highest BCUT2D eigenvalue weighted by Crippen LogP contribution is 2.47. The van der Waals surface area contributed by atoms with Gasteiger partial charge in [0, 0.05) is 19.0 Å². The fourth-order valence-electron chi connectivity index (χ4n) is 2.12. The van der Waals surface area contributed by atoms with E-state index in [0.717, 1.165) is 12.5 Å². The van der Waals surface area contributed by atoms with E-state index in [9.17, 15) is 0 Å². The normalized spacial score (nSPS) is 16.8. The van der Waals surface area contributed by atoms with Crippen LogP contribution in [0, 0.1) is 12.3 Å². The largest absolute Gasteiger partial charge is 0.355 e. The Bertz CT molecular complexity index is 452. The van der Waals surface area contributed by atoms with Crippen molar-refractivity contribution in [1.82, 2.24) is 10.6 Å². The van der Waals surface area contributed by atoms with Gasteiger partial charge in [-0.1, -0.05) is 36.3 Å². The smallest absolute Gasteiger partial charge is 0.191 e. The predicted molar refractivity (Wildman–Crippen MR) is 75.6 cm³/mol. The van der Waals surface area contributed by atoms with E-state index >= 15 is 0 Å². The molecule has 2 N–H and O–H groups in total. The molecule has 0 bridgehead atoms. The van der Waals surface area contributed by atoms with E-state index in [1.165, 1.54) is 18.4 Å². The van der Waals surface area contributed by atoms with Crippen molar-refractivity contribution in [2.75, 3.05) is 20.1 Å². The first-order valence-electron chi connectivity index (χ1n) is 6.24. The highest BCUT2D eigenvalue weighted by Gasteiger charge is 2.43. The molecule has 0 unspecified atom stereocenters. The van der Waals surface area contributed by atoms with Crippen molar-refractivity contribution in [2.45, 2.75) is 18.3 Å². The van der Waals surface area contributed by atoms with Crippen LogP contribution in [0.4, 0.5) is 0 Å². The molecule has 0 spiro atoms. The molecule has 3 nitrogen and oxygen atoms in total. The third-order valence-corrected chi connectivity index (χ3v) is 3.42. The molecule has 0 saturated heterocycles. The molecule has 0 aliphatic heterocycles. The number of aliphatic imine (C=N–C) groups is 1. The Hall–Kier alpha value is -1.95. The molecule has 94 valence electrons. The van der Waals surface area contributed by atoms with E-state index in [4.69, 9.17) is 6.42 Å².